The number of carbonyl (C=O) groups excluding carboxylic acids is 1. The van der Waals surface area contributed by atoms with Gasteiger partial charge in [0, 0.05) is 31.4 Å². The van der Waals surface area contributed by atoms with Gasteiger partial charge in [0.05, 0.1) is 17.1 Å². The summed E-state index contributed by atoms with van der Waals surface area (Å²) in [4.78, 5) is 20.9. The molecule has 1 aromatic rings. The van der Waals surface area contributed by atoms with E-state index in [1.807, 2.05) is 6.07 Å². The van der Waals surface area contributed by atoms with Gasteiger partial charge >= 0.3 is 0 Å². The zero-order chi connectivity index (χ0) is 20.4. The number of pyridine rings is 1. The van der Waals surface area contributed by atoms with E-state index in [1.54, 1.807) is 17.2 Å². The summed E-state index contributed by atoms with van der Waals surface area (Å²) in [6, 6.07) is 3.61. The van der Waals surface area contributed by atoms with Crippen LogP contribution in [-0.2, 0) is 9.84 Å². The molecular formula is C20H32N4O3S. The number of hydrogen-bond acceptors (Lipinski definition) is 6. The number of hydrogen-bond donors (Lipinski definition) is 1. The van der Waals surface area contributed by atoms with Crippen molar-refractivity contribution < 1.29 is 13.2 Å². The van der Waals surface area contributed by atoms with Crippen molar-refractivity contribution in [2.24, 2.45) is 5.92 Å². The van der Waals surface area contributed by atoms with E-state index in [0.717, 1.165) is 18.3 Å². The van der Waals surface area contributed by atoms with Gasteiger partial charge in [-0.15, -0.1) is 0 Å². The molecule has 0 bridgehead atoms. The highest BCUT2D eigenvalue weighted by Gasteiger charge is 2.36. The molecule has 3 rings (SSSR count). The Morgan fingerprint density at radius 2 is 2.04 bits per heavy atom. The number of rotatable bonds is 5. The van der Waals surface area contributed by atoms with Gasteiger partial charge in [0.2, 0.25) is 0 Å². The molecule has 8 heteroatoms. The molecule has 1 saturated carbocycles. The van der Waals surface area contributed by atoms with Crippen LogP contribution in [0.4, 0.5) is 5.82 Å². The van der Waals surface area contributed by atoms with Crippen molar-refractivity contribution >= 4 is 21.6 Å². The number of likely N-dealkylation sites (N-methyl/N-ethyl adjacent to an activating group) is 1. The maximum Gasteiger partial charge on any atom is 0.255 e. The molecule has 1 saturated heterocycles. The van der Waals surface area contributed by atoms with Crippen LogP contribution in [0.2, 0.25) is 0 Å². The summed E-state index contributed by atoms with van der Waals surface area (Å²) in [5.74, 6) is 1.41. The van der Waals surface area contributed by atoms with Gasteiger partial charge in [-0.05, 0) is 45.0 Å². The SMILES string of the molecule is CC1CCCC(CNc2ccc(C(=O)N3CCS(=O)(=O)CC3)cn2)(N(C)C)C1. The fourth-order valence-corrected chi connectivity index (χ4v) is 5.54. The second-order valence-electron chi connectivity index (χ2n) is 8.55. The van der Waals surface area contributed by atoms with Crippen molar-refractivity contribution in [1.29, 1.82) is 0 Å². The van der Waals surface area contributed by atoms with E-state index in [4.69, 9.17) is 0 Å². The van der Waals surface area contributed by atoms with Crippen molar-refractivity contribution in [3.63, 3.8) is 0 Å². The Kier molecular flexibility index (Phi) is 6.29. The lowest BCUT2D eigenvalue weighted by Crippen LogP contribution is -2.52. The first kappa shape index (κ1) is 21.0. The molecule has 0 radical (unpaired) electrons. The highest BCUT2D eigenvalue weighted by molar-refractivity contribution is 7.91. The molecule has 1 aliphatic heterocycles. The molecule has 1 aromatic heterocycles. The molecule has 2 heterocycles. The minimum absolute atomic E-state index is 0.0385. The minimum Gasteiger partial charge on any atom is -0.368 e. The Morgan fingerprint density at radius 3 is 2.61 bits per heavy atom. The maximum absolute atomic E-state index is 12.6. The lowest BCUT2D eigenvalue weighted by molar-refractivity contribution is 0.0769. The number of nitrogens with zero attached hydrogens (tertiary/aromatic N) is 3. The van der Waals surface area contributed by atoms with Crippen molar-refractivity contribution in [1.82, 2.24) is 14.8 Å². The van der Waals surface area contributed by atoms with Crippen LogP contribution in [0.1, 0.15) is 43.0 Å². The van der Waals surface area contributed by atoms with E-state index in [-0.39, 0.29) is 36.0 Å². The third kappa shape index (κ3) is 4.84. The second-order valence-corrected chi connectivity index (χ2v) is 10.9. The number of carbonyl (C=O) groups is 1. The predicted octanol–water partition coefficient (Wildman–Crippen LogP) is 1.87. The first-order chi connectivity index (χ1) is 13.2. The van der Waals surface area contributed by atoms with E-state index in [2.05, 4.69) is 36.2 Å². The monoisotopic (exact) mass is 408 g/mol. The highest BCUT2D eigenvalue weighted by Crippen LogP contribution is 2.35. The molecule has 0 spiro atoms. The van der Waals surface area contributed by atoms with Crippen molar-refractivity contribution in [3.05, 3.63) is 23.9 Å². The van der Waals surface area contributed by atoms with Crippen LogP contribution in [-0.4, -0.2) is 79.9 Å². The highest BCUT2D eigenvalue weighted by atomic mass is 32.2. The molecule has 0 aromatic carbocycles. The second kappa shape index (κ2) is 8.37. The lowest BCUT2D eigenvalue weighted by atomic mass is 9.75. The van der Waals surface area contributed by atoms with Crippen LogP contribution in [0.25, 0.3) is 0 Å². The fourth-order valence-electron chi connectivity index (χ4n) is 4.34. The van der Waals surface area contributed by atoms with E-state index in [1.165, 1.54) is 25.7 Å². The summed E-state index contributed by atoms with van der Waals surface area (Å²) < 4.78 is 23.1. The molecule has 2 unspecified atom stereocenters. The number of nitrogens with one attached hydrogen (secondary N) is 1. The molecule has 2 aliphatic rings. The van der Waals surface area contributed by atoms with E-state index in [0.29, 0.717) is 5.56 Å². The maximum atomic E-state index is 12.6. The number of aromatic nitrogens is 1. The van der Waals surface area contributed by atoms with Gasteiger partial charge in [0.15, 0.2) is 9.84 Å². The number of anilines is 1. The van der Waals surface area contributed by atoms with Crippen LogP contribution in [0.5, 0.6) is 0 Å². The van der Waals surface area contributed by atoms with E-state index < -0.39 is 9.84 Å². The predicted molar refractivity (Wildman–Crippen MR) is 111 cm³/mol. The van der Waals surface area contributed by atoms with Gasteiger partial charge in [-0.1, -0.05) is 19.8 Å². The number of sulfone groups is 1. The van der Waals surface area contributed by atoms with Crippen molar-refractivity contribution in [2.45, 2.75) is 38.1 Å². The molecule has 1 N–H and O–H groups in total. The van der Waals surface area contributed by atoms with Gasteiger partial charge in [-0.2, -0.15) is 0 Å². The molecule has 2 fully saturated rings. The minimum atomic E-state index is -3.00. The summed E-state index contributed by atoms with van der Waals surface area (Å²) in [5.41, 5.74) is 0.631. The largest absolute Gasteiger partial charge is 0.368 e. The van der Waals surface area contributed by atoms with Gasteiger partial charge in [-0.25, -0.2) is 13.4 Å². The van der Waals surface area contributed by atoms with Gasteiger partial charge in [-0.3, -0.25) is 4.79 Å². The summed E-state index contributed by atoms with van der Waals surface area (Å²) in [5, 5.41) is 3.46. The summed E-state index contributed by atoms with van der Waals surface area (Å²) in [6.45, 7) is 3.66. The molecule has 2 atom stereocenters. The Balaban J connectivity index is 1.60. The Morgan fingerprint density at radius 1 is 1.32 bits per heavy atom. The molecule has 28 heavy (non-hydrogen) atoms. The third-order valence-electron chi connectivity index (χ3n) is 6.26. The first-order valence-electron chi connectivity index (χ1n) is 10.1. The van der Waals surface area contributed by atoms with Crippen molar-refractivity contribution in [3.8, 4) is 0 Å². The molecule has 156 valence electrons. The average Bonchev–Trinajstić information content (AvgIpc) is 2.66. The zero-order valence-corrected chi connectivity index (χ0v) is 18.0. The fraction of sp³-hybridized carbons (Fsp3) is 0.700. The van der Waals surface area contributed by atoms with Crippen LogP contribution in [0.15, 0.2) is 18.3 Å². The van der Waals surface area contributed by atoms with Crippen LogP contribution < -0.4 is 5.32 Å². The van der Waals surface area contributed by atoms with Crippen molar-refractivity contribution in [2.75, 3.05) is 50.6 Å². The van der Waals surface area contributed by atoms with Gasteiger partial charge < -0.3 is 15.1 Å². The first-order valence-corrected chi connectivity index (χ1v) is 11.9. The summed E-state index contributed by atoms with van der Waals surface area (Å²) in [6.07, 6.45) is 6.46. The molecule has 1 aliphatic carbocycles. The quantitative estimate of drug-likeness (QED) is 0.801. The third-order valence-corrected chi connectivity index (χ3v) is 7.87. The molecular weight excluding hydrogens is 376 g/mol. The van der Waals surface area contributed by atoms with E-state index in [9.17, 15) is 13.2 Å². The standard InChI is InChI=1S/C20H32N4O3S/c1-16-5-4-8-20(13-16,23(2)3)15-22-18-7-6-17(14-21-18)19(25)24-9-11-28(26,27)12-10-24/h6-7,14,16H,4-5,8-13,15H2,1-3H3,(H,21,22). The molecule has 1 amide bonds. The Labute approximate surface area is 168 Å². The van der Waals surface area contributed by atoms with Crippen LogP contribution >= 0.6 is 0 Å². The normalized spacial score (nSPS) is 27.6. The topological polar surface area (TPSA) is 82.6 Å². The zero-order valence-electron chi connectivity index (χ0n) is 17.1. The van der Waals surface area contributed by atoms with E-state index >= 15 is 0 Å². The Hall–Kier alpha value is -1.67. The van der Waals surface area contributed by atoms with Gasteiger partial charge in [0.25, 0.3) is 5.91 Å². The van der Waals surface area contributed by atoms with Crippen LogP contribution in [0, 0.1) is 5.92 Å². The smallest absolute Gasteiger partial charge is 0.255 e. The Bertz CT molecular complexity index is 780. The van der Waals surface area contributed by atoms with Gasteiger partial charge in [0.1, 0.15) is 5.82 Å². The van der Waals surface area contributed by atoms with Crippen LogP contribution in [0.3, 0.4) is 0 Å². The number of amides is 1. The lowest BCUT2D eigenvalue weighted by Gasteiger charge is -2.45. The summed E-state index contributed by atoms with van der Waals surface area (Å²) in [7, 11) is 1.30. The average molecular weight is 409 g/mol. The summed E-state index contributed by atoms with van der Waals surface area (Å²) >= 11 is 0. The molecule has 7 nitrogen and oxygen atoms in total.